The van der Waals surface area contributed by atoms with Gasteiger partial charge in [-0.2, -0.15) is 0 Å². The summed E-state index contributed by atoms with van der Waals surface area (Å²) >= 11 is 0. The lowest BCUT2D eigenvalue weighted by Crippen LogP contribution is -2.53. The van der Waals surface area contributed by atoms with Crippen molar-refractivity contribution < 1.29 is 9.53 Å². The van der Waals surface area contributed by atoms with Gasteiger partial charge in [0.05, 0.1) is 6.61 Å². The van der Waals surface area contributed by atoms with Gasteiger partial charge in [-0.25, -0.2) is 0 Å². The minimum absolute atomic E-state index is 0.0732. The Kier molecular flexibility index (Phi) is 5.26. The summed E-state index contributed by atoms with van der Waals surface area (Å²) in [6.07, 6.45) is 5.27. The maximum absolute atomic E-state index is 11.9. The van der Waals surface area contributed by atoms with Crippen LogP contribution in [0.15, 0.2) is 0 Å². The third-order valence-electron chi connectivity index (χ3n) is 3.23. The zero-order chi connectivity index (χ0) is 12.0. The minimum atomic E-state index is -0.434. The van der Waals surface area contributed by atoms with Crippen LogP contribution in [0.3, 0.4) is 0 Å². The summed E-state index contributed by atoms with van der Waals surface area (Å²) in [5, 5.41) is 3.27. The van der Waals surface area contributed by atoms with Crippen LogP contribution in [0, 0.1) is 5.92 Å². The van der Waals surface area contributed by atoms with E-state index in [2.05, 4.69) is 19.2 Å². The van der Waals surface area contributed by atoms with E-state index in [4.69, 9.17) is 4.74 Å². The van der Waals surface area contributed by atoms with Crippen LogP contribution in [0.25, 0.3) is 0 Å². The first-order chi connectivity index (χ1) is 7.54. The number of hydrogen-bond acceptors (Lipinski definition) is 3. The highest BCUT2D eigenvalue weighted by molar-refractivity contribution is 5.80. The Bertz CT molecular complexity index is 220. The van der Waals surface area contributed by atoms with Crippen molar-refractivity contribution in [1.29, 1.82) is 0 Å². The van der Waals surface area contributed by atoms with Gasteiger partial charge in [-0.3, -0.25) is 4.79 Å². The van der Waals surface area contributed by atoms with E-state index < -0.39 is 5.54 Å². The van der Waals surface area contributed by atoms with Gasteiger partial charge in [0.25, 0.3) is 0 Å². The molecule has 0 aromatic heterocycles. The van der Waals surface area contributed by atoms with Crippen molar-refractivity contribution >= 4 is 5.97 Å². The molecular weight excluding hydrogens is 202 g/mol. The van der Waals surface area contributed by atoms with E-state index in [0.29, 0.717) is 12.5 Å². The predicted molar refractivity (Wildman–Crippen MR) is 65.3 cm³/mol. The second kappa shape index (κ2) is 6.24. The van der Waals surface area contributed by atoms with Gasteiger partial charge >= 0.3 is 5.97 Å². The number of carbonyl (C=O) groups is 1. The molecule has 94 valence electrons. The second-order valence-electron chi connectivity index (χ2n) is 5.39. The van der Waals surface area contributed by atoms with Crippen LogP contribution in [0.4, 0.5) is 0 Å². The Balaban J connectivity index is 2.23. The molecule has 0 aliphatic carbocycles. The SMILES string of the molecule is CC(C)CCCOC(=O)C1(C)CCCCN1. The lowest BCUT2D eigenvalue weighted by atomic mass is 9.91. The van der Waals surface area contributed by atoms with Gasteiger partial charge in [0.1, 0.15) is 5.54 Å². The molecule has 1 saturated heterocycles. The van der Waals surface area contributed by atoms with Crippen molar-refractivity contribution in [2.45, 2.75) is 58.4 Å². The van der Waals surface area contributed by atoms with Crippen LogP contribution >= 0.6 is 0 Å². The number of ether oxygens (including phenoxy) is 1. The zero-order valence-corrected chi connectivity index (χ0v) is 10.8. The Morgan fingerprint density at radius 2 is 2.19 bits per heavy atom. The van der Waals surface area contributed by atoms with E-state index in [1.54, 1.807) is 0 Å². The molecule has 1 fully saturated rings. The molecule has 0 radical (unpaired) electrons. The number of rotatable bonds is 5. The van der Waals surface area contributed by atoms with E-state index in [0.717, 1.165) is 38.6 Å². The molecule has 0 spiro atoms. The summed E-state index contributed by atoms with van der Waals surface area (Å²) in [5.41, 5.74) is -0.434. The largest absolute Gasteiger partial charge is 0.464 e. The first kappa shape index (κ1) is 13.5. The smallest absolute Gasteiger partial charge is 0.326 e. The fraction of sp³-hybridized carbons (Fsp3) is 0.923. The van der Waals surface area contributed by atoms with Crippen molar-refractivity contribution in [2.24, 2.45) is 5.92 Å². The fourth-order valence-electron chi connectivity index (χ4n) is 2.05. The molecule has 1 atom stereocenters. The molecule has 1 N–H and O–H groups in total. The molecule has 1 rings (SSSR count). The third kappa shape index (κ3) is 4.12. The van der Waals surface area contributed by atoms with Crippen LogP contribution in [-0.2, 0) is 9.53 Å². The van der Waals surface area contributed by atoms with Crippen LogP contribution in [0.1, 0.15) is 52.9 Å². The molecule has 0 bridgehead atoms. The molecule has 1 heterocycles. The summed E-state index contributed by atoms with van der Waals surface area (Å²) < 4.78 is 5.33. The molecule has 1 aliphatic heterocycles. The molecule has 16 heavy (non-hydrogen) atoms. The zero-order valence-electron chi connectivity index (χ0n) is 10.8. The average Bonchev–Trinajstić information content (AvgIpc) is 2.25. The highest BCUT2D eigenvalue weighted by Crippen LogP contribution is 2.20. The Morgan fingerprint density at radius 1 is 1.44 bits per heavy atom. The van der Waals surface area contributed by atoms with Crippen molar-refractivity contribution in [3.8, 4) is 0 Å². The average molecular weight is 227 g/mol. The Labute approximate surface area is 98.9 Å². The highest BCUT2D eigenvalue weighted by atomic mass is 16.5. The maximum atomic E-state index is 11.9. The molecule has 0 aromatic rings. The predicted octanol–water partition coefficient (Wildman–Crippen LogP) is 2.50. The van der Waals surface area contributed by atoms with E-state index >= 15 is 0 Å². The lowest BCUT2D eigenvalue weighted by molar-refractivity contribution is -0.152. The van der Waals surface area contributed by atoms with Gasteiger partial charge in [0, 0.05) is 0 Å². The first-order valence-electron chi connectivity index (χ1n) is 6.47. The molecule has 3 nitrogen and oxygen atoms in total. The molecule has 1 aliphatic rings. The topological polar surface area (TPSA) is 38.3 Å². The van der Waals surface area contributed by atoms with Gasteiger partial charge < -0.3 is 10.1 Å². The fourth-order valence-corrected chi connectivity index (χ4v) is 2.05. The molecule has 0 saturated carbocycles. The molecular formula is C13H25NO2. The van der Waals surface area contributed by atoms with Gasteiger partial charge in [0.15, 0.2) is 0 Å². The highest BCUT2D eigenvalue weighted by Gasteiger charge is 2.35. The summed E-state index contributed by atoms with van der Waals surface area (Å²) in [5.74, 6) is 0.609. The molecule has 0 amide bonds. The van der Waals surface area contributed by atoms with Crippen molar-refractivity contribution in [2.75, 3.05) is 13.2 Å². The van der Waals surface area contributed by atoms with Crippen molar-refractivity contribution in [1.82, 2.24) is 5.32 Å². The summed E-state index contributed by atoms with van der Waals surface area (Å²) in [6.45, 7) is 7.82. The van der Waals surface area contributed by atoms with E-state index in [1.165, 1.54) is 0 Å². The Hall–Kier alpha value is -0.570. The van der Waals surface area contributed by atoms with Crippen LogP contribution < -0.4 is 5.32 Å². The Morgan fingerprint density at radius 3 is 2.75 bits per heavy atom. The van der Waals surface area contributed by atoms with Crippen LogP contribution in [0.5, 0.6) is 0 Å². The van der Waals surface area contributed by atoms with E-state index in [1.807, 2.05) is 6.92 Å². The van der Waals surface area contributed by atoms with Crippen molar-refractivity contribution in [3.63, 3.8) is 0 Å². The van der Waals surface area contributed by atoms with Crippen molar-refractivity contribution in [3.05, 3.63) is 0 Å². The number of carbonyl (C=O) groups excluding carboxylic acids is 1. The lowest BCUT2D eigenvalue weighted by Gasteiger charge is -2.32. The van der Waals surface area contributed by atoms with E-state index in [9.17, 15) is 4.79 Å². The monoisotopic (exact) mass is 227 g/mol. The van der Waals surface area contributed by atoms with Crippen LogP contribution in [0.2, 0.25) is 0 Å². The van der Waals surface area contributed by atoms with E-state index in [-0.39, 0.29) is 5.97 Å². The standard InChI is InChI=1S/C13H25NO2/c1-11(2)7-6-10-16-12(15)13(3)8-4-5-9-14-13/h11,14H,4-10H2,1-3H3. The van der Waals surface area contributed by atoms with Gasteiger partial charge in [0.2, 0.25) is 0 Å². The summed E-state index contributed by atoms with van der Waals surface area (Å²) in [6, 6.07) is 0. The molecule has 1 unspecified atom stereocenters. The molecule has 3 heteroatoms. The van der Waals surface area contributed by atoms with Gasteiger partial charge in [-0.05, 0) is 51.5 Å². The molecule has 0 aromatic carbocycles. The number of hydrogen-bond donors (Lipinski definition) is 1. The van der Waals surface area contributed by atoms with Gasteiger partial charge in [-0.1, -0.05) is 13.8 Å². The number of esters is 1. The first-order valence-corrected chi connectivity index (χ1v) is 6.47. The summed E-state index contributed by atoms with van der Waals surface area (Å²) in [7, 11) is 0. The quantitative estimate of drug-likeness (QED) is 0.579. The second-order valence-corrected chi connectivity index (χ2v) is 5.39. The summed E-state index contributed by atoms with van der Waals surface area (Å²) in [4.78, 5) is 11.9. The van der Waals surface area contributed by atoms with Crippen LogP contribution in [-0.4, -0.2) is 24.7 Å². The number of piperidine rings is 1. The normalized spacial score (nSPS) is 25.8. The maximum Gasteiger partial charge on any atom is 0.326 e. The number of nitrogens with one attached hydrogen (secondary N) is 1. The minimum Gasteiger partial charge on any atom is -0.464 e. The van der Waals surface area contributed by atoms with Gasteiger partial charge in [-0.15, -0.1) is 0 Å². The third-order valence-corrected chi connectivity index (χ3v) is 3.23.